The molecular formula is C21H15BrFN3O2. The molecule has 3 rings (SSSR count). The monoisotopic (exact) mass is 439 g/mol. The number of hydrogen-bond acceptors (Lipinski definition) is 3. The van der Waals surface area contributed by atoms with Crippen LogP contribution in [-0.4, -0.2) is 18.0 Å². The van der Waals surface area contributed by atoms with Crippen molar-refractivity contribution in [2.75, 3.05) is 5.32 Å². The van der Waals surface area contributed by atoms with Crippen LogP contribution < -0.4 is 10.7 Å². The summed E-state index contributed by atoms with van der Waals surface area (Å²) in [6, 6.07) is 19.4. The highest BCUT2D eigenvalue weighted by atomic mass is 79.9. The zero-order chi connectivity index (χ0) is 19.9. The Labute approximate surface area is 169 Å². The highest BCUT2D eigenvalue weighted by Gasteiger charge is 2.15. The molecule has 0 fully saturated rings. The Morgan fingerprint density at radius 1 is 0.857 bits per heavy atom. The van der Waals surface area contributed by atoms with Crippen molar-refractivity contribution in [3.05, 3.63) is 99.8 Å². The Morgan fingerprint density at radius 3 is 2.21 bits per heavy atom. The van der Waals surface area contributed by atoms with E-state index in [1.807, 2.05) is 24.3 Å². The maximum Gasteiger partial charge on any atom is 0.273 e. The number of rotatable bonds is 5. The highest BCUT2D eigenvalue weighted by Crippen LogP contribution is 2.17. The molecule has 3 aromatic rings. The van der Waals surface area contributed by atoms with Crippen molar-refractivity contribution in [1.29, 1.82) is 0 Å². The lowest BCUT2D eigenvalue weighted by Gasteiger charge is -2.10. The van der Waals surface area contributed by atoms with E-state index in [4.69, 9.17) is 0 Å². The summed E-state index contributed by atoms with van der Waals surface area (Å²) in [5, 5.41) is 6.49. The lowest BCUT2D eigenvalue weighted by molar-refractivity contribution is 0.0956. The highest BCUT2D eigenvalue weighted by molar-refractivity contribution is 9.10. The summed E-state index contributed by atoms with van der Waals surface area (Å²) in [6.07, 6.45) is 1.50. The first-order valence-electron chi connectivity index (χ1n) is 8.28. The van der Waals surface area contributed by atoms with Crippen LogP contribution >= 0.6 is 15.9 Å². The molecule has 0 heterocycles. The molecule has 0 saturated heterocycles. The SMILES string of the molecule is O=C(Nc1ccccc1C(=O)NN=Cc1ccc(Br)cc1)c1ccccc1F. The van der Waals surface area contributed by atoms with Gasteiger partial charge in [-0.05, 0) is 42.0 Å². The molecule has 0 atom stereocenters. The molecule has 0 bridgehead atoms. The van der Waals surface area contributed by atoms with Crippen molar-refractivity contribution in [2.24, 2.45) is 5.10 Å². The Balaban J connectivity index is 1.72. The Kier molecular flexibility index (Phi) is 6.29. The lowest BCUT2D eigenvalue weighted by atomic mass is 10.1. The summed E-state index contributed by atoms with van der Waals surface area (Å²) in [7, 11) is 0. The maximum atomic E-state index is 13.8. The molecule has 7 heteroatoms. The van der Waals surface area contributed by atoms with E-state index < -0.39 is 17.6 Å². The van der Waals surface area contributed by atoms with Crippen LogP contribution in [0.15, 0.2) is 82.4 Å². The summed E-state index contributed by atoms with van der Waals surface area (Å²) in [5.74, 6) is -1.78. The third kappa shape index (κ3) is 4.89. The van der Waals surface area contributed by atoms with Crippen molar-refractivity contribution in [3.63, 3.8) is 0 Å². The molecule has 140 valence electrons. The largest absolute Gasteiger partial charge is 0.321 e. The van der Waals surface area contributed by atoms with Crippen LogP contribution in [0.2, 0.25) is 0 Å². The summed E-state index contributed by atoms with van der Waals surface area (Å²) >= 11 is 3.34. The predicted molar refractivity (Wildman–Crippen MR) is 110 cm³/mol. The number of benzene rings is 3. The van der Waals surface area contributed by atoms with Crippen LogP contribution in [0.3, 0.4) is 0 Å². The molecule has 0 saturated carbocycles. The van der Waals surface area contributed by atoms with Gasteiger partial charge in [-0.15, -0.1) is 0 Å². The van der Waals surface area contributed by atoms with Gasteiger partial charge in [-0.2, -0.15) is 5.10 Å². The van der Waals surface area contributed by atoms with Crippen LogP contribution in [0, 0.1) is 5.82 Å². The number of carbonyl (C=O) groups is 2. The maximum absolute atomic E-state index is 13.8. The average Bonchev–Trinajstić information content (AvgIpc) is 2.70. The van der Waals surface area contributed by atoms with Crippen molar-refractivity contribution >= 4 is 39.6 Å². The zero-order valence-electron chi connectivity index (χ0n) is 14.5. The number of para-hydroxylation sites is 1. The number of carbonyl (C=O) groups excluding carboxylic acids is 2. The van der Waals surface area contributed by atoms with Crippen molar-refractivity contribution in [1.82, 2.24) is 5.43 Å². The van der Waals surface area contributed by atoms with Gasteiger partial charge in [0.1, 0.15) is 5.82 Å². The standard InChI is InChI=1S/C21H15BrFN3O2/c22-15-11-9-14(10-12-15)13-24-26-21(28)17-6-2-4-8-19(17)25-20(27)16-5-1-3-7-18(16)23/h1-13H,(H,25,27)(H,26,28). The van der Waals surface area contributed by atoms with Crippen LogP contribution in [0.1, 0.15) is 26.3 Å². The first kappa shape index (κ1) is 19.4. The van der Waals surface area contributed by atoms with Crippen molar-refractivity contribution in [3.8, 4) is 0 Å². The fourth-order valence-electron chi connectivity index (χ4n) is 2.40. The van der Waals surface area contributed by atoms with E-state index in [0.717, 1.165) is 10.0 Å². The molecule has 28 heavy (non-hydrogen) atoms. The molecule has 3 aromatic carbocycles. The molecule has 0 spiro atoms. The van der Waals surface area contributed by atoms with Gasteiger partial charge in [0, 0.05) is 4.47 Å². The van der Waals surface area contributed by atoms with E-state index in [-0.39, 0.29) is 16.8 Å². The molecule has 2 N–H and O–H groups in total. The van der Waals surface area contributed by atoms with E-state index >= 15 is 0 Å². The van der Waals surface area contributed by atoms with Crippen LogP contribution in [-0.2, 0) is 0 Å². The second-order valence-electron chi connectivity index (χ2n) is 5.73. The minimum atomic E-state index is -0.642. The number of nitrogens with zero attached hydrogens (tertiary/aromatic N) is 1. The van der Waals surface area contributed by atoms with Gasteiger partial charge >= 0.3 is 0 Å². The lowest BCUT2D eigenvalue weighted by Crippen LogP contribution is -2.21. The molecule has 2 amide bonds. The number of hydrazone groups is 1. The number of nitrogens with one attached hydrogen (secondary N) is 2. The second-order valence-corrected chi connectivity index (χ2v) is 6.65. The Morgan fingerprint density at radius 2 is 1.50 bits per heavy atom. The van der Waals surface area contributed by atoms with Crippen LogP contribution in [0.4, 0.5) is 10.1 Å². The molecule has 0 aromatic heterocycles. The average molecular weight is 440 g/mol. The summed E-state index contributed by atoms with van der Waals surface area (Å²) in [5.41, 5.74) is 3.59. The van der Waals surface area contributed by atoms with Crippen molar-refractivity contribution < 1.29 is 14.0 Å². The van der Waals surface area contributed by atoms with Gasteiger partial charge in [0.05, 0.1) is 23.0 Å². The van der Waals surface area contributed by atoms with E-state index in [2.05, 4.69) is 31.8 Å². The quantitative estimate of drug-likeness (QED) is 0.450. The minimum Gasteiger partial charge on any atom is -0.321 e. The van der Waals surface area contributed by atoms with E-state index in [0.29, 0.717) is 0 Å². The molecular weight excluding hydrogens is 425 g/mol. The van der Waals surface area contributed by atoms with Gasteiger partial charge in [-0.3, -0.25) is 9.59 Å². The third-order valence-electron chi connectivity index (χ3n) is 3.79. The van der Waals surface area contributed by atoms with Gasteiger partial charge in [-0.25, -0.2) is 9.82 Å². The predicted octanol–water partition coefficient (Wildman–Crippen LogP) is 4.60. The van der Waals surface area contributed by atoms with E-state index in [1.54, 1.807) is 30.3 Å². The minimum absolute atomic E-state index is 0.106. The summed E-state index contributed by atoms with van der Waals surface area (Å²) < 4.78 is 14.7. The summed E-state index contributed by atoms with van der Waals surface area (Å²) in [4.78, 5) is 24.8. The number of amides is 2. The molecule has 0 unspecified atom stereocenters. The molecule has 0 aliphatic rings. The van der Waals surface area contributed by atoms with Gasteiger partial charge in [0.15, 0.2) is 0 Å². The second kappa shape index (κ2) is 9.05. The number of hydrogen-bond donors (Lipinski definition) is 2. The normalized spacial score (nSPS) is 10.6. The summed E-state index contributed by atoms with van der Waals surface area (Å²) in [6.45, 7) is 0. The van der Waals surface area contributed by atoms with Gasteiger partial charge < -0.3 is 5.32 Å². The van der Waals surface area contributed by atoms with Crippen molar-refractivity contribution in [2.45, 2.75) is 0 Å². The van der Waals surface area contributed by atoms with Gasteiger partial charge in [0.25, 0.3) is 11.8 Å². The molecule has 0 aliphatic heterocycles. The zero-order valence-corrected chi connectivity index (χ0v) is 16.1. The molecule has 0 aliphatic carbocycles. The molecule has 5 nitrogen and oxygen atoms in total. The fraction of sp³-hybridized carbons (Fsp3) is 0. The fourth-order valence-corrected chi connectivity index (χ4v) is 2.66. The first-order valence-corrected chi connectivity index (χ1v) is 9.08. The molecule has 0 radical (unpaired) electrons. The van der Waals surface area contributed by atoms with E-state index in [9.17, 15) is 14.0 Å². The van der Waals surface area contributed by atoms with Crippen LogP contribution in [0.5, 0.6) is 0 Å². The van der Waals surface area contributed by atoms with E-state index in [1.165, 1.54) is 24.4 Å². The smallest absolute Gasteiger partial charge is 0.273 e. The topological polar surface area (TPSA) is 70.6 Å². The Hall–Kier alpha value is -3.32. The number of halogens is 2. The van der Waals surface area contributed by atoms with Gasteiger partial charge in [0.2, 0.25) is 0 Å². The first-order chi connectivity index (χ1) is 13.5. The number of anilines is 1. The Bertz CT molecular complexity index is 1040. The van der Waals surface area contributed by atoms with Crippen LogP contribution in [0.25, 0.3) is 0 Å². The van der Waals surface area contributed by atoms with Gasteiger partial charge in [-0.1, -0.05) is 52.3 Å². The third-order valence-corrected chi connectivity index (χ3v) is 4.32.